The topological polar surface area (TPSA) is 94.3 Å². The molecule has 3 rings (SSSR count). The highest BCUT2D eigenvalue weighted by Gasteiger charge is 2.30. The molecule has 3 aromatic rings. The van der Waals surface area contributed by atoms with E-state index in [1.165, 1.54) is 24.3 Å². The molecule has 138 valence electrons. The van der Waals surface area contributed by atoms with Crippen LogP contribution in [-0.4, -0.2) is 28.7 Å². The van der Waals surface area contributed by atoms with Crippen molar-refractivity contribution in [2.45, 2.75) is 13.0 Å². The molecule has 0 saturated carbocycles. The maximum absolute atomic E-state index is 13.1. The molecule has 2 aromatic carbocycles. The number of aromatic nitrogens is 2. The quantitative estimate of drug-likeness (QED) is 0.672. The number of hydrogen-bond acceptors (Lipinski definition) is 6. The van der Waals surface area contributed by atoms with Gasteiger partial charge in [-0.3, -0.25) is 4.79 Å². The standard InChI is InChI=1S/C19H16FN3O4/c1-2-26-19(25)15(21-16(24)12-6-4-3-5-7-12)18-23-22-17(27-18)13-8-10-14(20)11-9-13/h3-11,15H,2H2,1H3,(H,21,24). The lowest BCUT2D eigenvalue weighted by atomic mass is 10.2. The maximum atomic E-state index is 13.1. The first-order chi connectivity index (χ1) is 13.1. The summed E-state index contributed by atoms with van der Waals surface area (Å²) < 4.78 is 23.6. The molecule has 1 aromatic heterocycles. The lowest BCUT2D eigenvalue weighted by Crippen LogP contribution is -2.35. The number of halogens is 1. The van der Waals surface area contributed by atoms with Crippen molar-refractivity contribution in [3.8, 4) is 11.5 Å². The van der Waals surface area contributed by atoms with E-state index in [1.54, 1.807) is 37.3 Å². The van der Waals surface area contributed by atoms with E-state index in [2.05, 4.69) is 15.5 Å². The van der Waals surface area contributed by atoms with Gasteiger partial charge in [0, 0.05) is 11.1 Å². The second kappa shape index (κ2) is 8.22. The van der Waals surface area contributed by atoms with Gasteiger partial charge in [0.05, 0.1) is 6.61 Å². The summed E-state index contributed by atoms with van der Waals surface area (Å²) in [5.41, 5.74) is 0.845. The fraction of sp³-hybridized carbons (Fsp3) is 0.158. The van der Waals surface area contributed by atoms with Crippen LogP contribution in [0.5, 0.6) is 0 Å². The molecule has 0 aliphatic rings. The van der Waals surface area contributed by atoms with Crippen LogP contribution in [0.15, 0.2) is 59.0 Å². The molecule has 1 amide bonds. The van der Waals surface area contributed by atoms with E-state index >= 15 is 0 Å². The fourth-order valence-electron chi connectivity index (χ4n) is 2.31. The van der Waals surface area contributed by atoms with Crippen LogP contribution in [-0.2, 0) is 9.53 Å². The molecule has 1 unspecified atom stereocenters. The van der Waals surface area contributed by atoms with Crippen molar-refractivity contribution in [3.63, 3.8) is 0 Å². The summed E-state index contributed by atoms with van der Waals surface area (Å²) in [7, 11) is 0. The van der Waals surface area contributed by atoms with Crippen LogP contribution >= 0.6 is 0 Å². The van der Waals surface area contributed by atoms with Crippen molar-refractivity contribution >= 4 is 11.9 Å². The Hall–Kier alpha value is -3.55. The van der Waals surface area contributed by atoms with Crippen molar-refractivity contribution in [2.24, 2.45) is 0 Å². The number of carbonyl (C=O) groups excluding carboxylic acids is 2. The number of nitrogens with one attached hydrogen (secondary N) is 1. The monoisotopic (exact) mass is 369 g/mol. The van der Waals surface area contributed by atoms with E-state index in [9.17, 15) is 14.0 Å². The summed E-state index contributed by atoms with van der Waals surface area (Å²) in [6.07, 6.45) is 0. The van der Waals surface area contributed by atoms with E-state index in [4.69, 9.17) is 9.15 Å². The van der Waals surface area contributed by atoms with Crippen molar-refractivity contribution < 1.29 is 23.1 Å². The Morgan fingerprint density at radius 2 is 1.81 bits per heavy atom. The average molecular weight is 369 g/mol. The summed E-state index contributed by atoms with van der Waals surface area (Å²) in [5.74, 6) is -1.66. The van der Waals surface area contributed by atoms with Crippen LogP contribution in [0.2, 0.25) is 0 Å². The van der Waals surface area contributed by atoms with Crippen LogP contribution < -0.4 is 5.32 Å². The number of ether oxygens (including phenoxy) is 1. The average Bonchev–Trinajstić information content (AvgIpc) is 3.17. The van der Waals surface area contributed by atoms with E-state index in [1.807, 2.05) is 0 Å². The highest BCUT2D eigenvalue weighted by molar-refractivity contribution is 5.96. The normalized spacial score (nSPS) is 11.6. The number of hydrogen-bond donors (Lipinski definition) is 1. The number of amides is 1. The van der Waals surface area contributed by atoms with Gasteiger partial charge in [0.1, 0.15) is 5.82 Å². The molecule has 27 heavy (non-hydrogen) atoms. The first-order valence-electron chi connectivity index (χ1n) is 8.20. The molecule has 8 heteroatoms. The van der Waals surface area contributed by atoms with Gasteiger partial charge in [-0.1, -0.05) is 18.2 Å². The third kappa shape index (κ3) is 4.35. The lowest BCUT2D eigenvalue weighted by Gasteiger charge is -2.13. The summed E-state index contributed by atoms with van der Waals surface area (Å²) in [4.78, 5) is 24.7. The number of rotatable bonds is 6. The van der Waals surface area contributed by atoms with Crippen LogP contribution in [0.4, 0.5) is 4.39 Å². The summed E-state index contributed by atoms with van der Waals surface area (Å²) in [6, 6.07) is 12.6. The Balaban J connectivity index is 1.86. The number of benzene rings is 2. The highest BCUT2D eigenvalue weighted by atomic mass is 19.1. The Morgan fingerprint density at radius 1 is 1.11 bits per heavy atom. The molecule has 0 spiro atoms. The lowest BCUT2D eigenvalue weighted by molar-refractivity contribution is -0.146. The molecule has 1 atom stereocenters. The highest BCUT2D eigenvalue weighted by Crippen LogP contribution is 2.22. The van der Waals surface area contributed by atoms with Crippen LogP contribution in [0, 0.1) is 5.82 Å². The molecular weight excluding hydrogens is 353 g/mol. The first kappa shape index (κ1) is 18.2. The van der Waals surface area contributed by atoms with Gasteiger partial charge >= 0.3 is 5.97 Å². The van der Waals surface area contributed by atoms with E-state index < -0.39 is 23.7 Å². The minimum Gasteiger partial charge on any atom is -0.464 e. The predicted molar refractivity (Wildman–Crippen MR) is 93.0 cm³/mol. The predicted octanol–water partition coefficient (Wildman–Crippen LogP) is 2.91. The molecule has 0 saturated heterocycles. The van der Waals surface area contributed by atoms with Gasteiger partial charge in [-0.15, -0.1) is 10.2 Å². The largest absolute Gasteiger partial charge is 0.464 e. The second-order valence-corrected chi connectivity index (χ2v) is 5.48. The van der Waals surface area contributed by atoms with Crippen molar-refractivity contribution in [2.75, 3.05) is 6.61 Å². The van der Waals surface area contributed by atoms with Crippen molar-refractivity contribution in [1.82, 2.24) is 15.5 Å². The molecule has 0 bridgehead atoms. The van der Waals surface area contributed by atoms with E-state index in [-0.39, 0.29) is 18.4 Å². The van der Waals surface area contributed by atoms with Gasteiger partial charge in [0.25, 0.3) is 11.8 Å². The van der Waals surface area contributed by atoms with Gasteiger partial charge in [-0.05, 0) is 43.3 Å². The number of carbonyl (C=O) groups is 2. The smallest absolute Gasteiger partial charge is 0.338 e. The van der Waals surface area contributed by atoms with E-state index in [0.717, 1.165) is 0 Å². The Labute approximate surface area is 154 Å². The summed E-state index contributed by atoms with van der Waals surface area (Å²) >= 11 is 0. The first-order valence-corrected chi connectivity index (χ1v) is 8.20. The molecule has 1 N–H and O–H groups in total. The van der Waals surface area contributed by atoms with Gasteiger partial charge in [0.2, 0.25) is 11.9 Å². The molecule has 0 aliphatic carbocycles. The summed E-state index contributed by atoms with van der Waals surface area (Å²) in [6.45, 7) is 1.77. The third-order valence-electron chi connectivity index (χ3n) is 3.61. The minimum absolute atomic E-state index is 0.0910. The molecular formula is C19H16FN3O4. The molecule has 0 fully saturated rings. The van der Waals surface area contributed by atoms with Crippen LogP contribution in [0.3, 0.4) is 0 Å². The van der Waals surface area contributed by atoms with Crippen molar-refractivity contribution in [1.29, 1.82) is 0 Å². The van der Waals surface area contributed by atoms with Gasteiger partial charge in [-0.25, -0.2) is 9.18 Å². The molecule has 0 aliphatic heterocycles. The molecule has 0 radical (unpaired) electrons. The van der Waals surface area contributed by atoms with Gasteiger partial charge in [-0.2, -0.15) is 0 Å². The van der Waals surface area contributed by atoms with Crippen LogP contribution in [0.25, 0.3) is 11.5 Å². The zero-order valence-electron chi connectivity index (χ0n) is 14.4. The fourth-order valence-corrected chi connectivity index (χ4v) is 2.31. The summed E-state index contributed by atoms with van der Waals surface area (Å²) in [5, 5.41) is 10.2. The molecule has 7 nitrogen and oxygen atoms in total. The van der Waals surface area contributed by atoms with Gasteiger partial charge in [0.15, 0.2) is 0 Å². The number of esters is 1. The Morgan fingerprint density at radius 3 is 2.48 bits per heavy atom. The van der Waals surface area contributed by atoms with Gasteiger partial charge < -0.3 is 14.5 Å². The Kier molecular flexibility index (Phi) is 5.55. The minimum atomic E-state index is -1.26. The Bertz CT molecular complexity index is 926. The SMILES string of the molecule is CCOC(=O)C(NC(=O)c1ccccc1)c1nnc(-c2ccc(F)cc2)o1. The second-order valence-electron chi connectivity index (χ2n) is 5.48. The number of nitrogens with zero attached hydrogens (tertiary/aromatic N) is 2. The third-order valence-corrected chi connectivity index (χ3v) is 3.61. The van der Waals surface area contributed by atoms with Crippen molar-refractivity contribution in [3.05, 3.63) is 71.9 Å². The molecule has 1 heterocycles. The zero-order chi connectivity index (χ0) is 19.2. The zero-order valence-corrected chi connectivity index (χ0v) is 14.4. The van der Waals surface area contributed by atoms with Crippen LogP contribution in [0.1, 0.15) is 29.2 Å². The van der Waals surface area contributed by atoms with E-state index in [0.29, 0.717) is 11.1 Å². The maximum Gasteiger partial charge on any atom is 0.338 e.